The van der Waals surface area contributed by atoms with E-state index in [2.05, 4.69) is 4.90 Å². The van der Waals surface area contributed by atoms with Gasteiger partial charge in [0, 0.05) is 24.2 Å². The van der Waals surface area contributed by atoms with Crippen molar-refractivity contribution in [2.24, 2.45) is 0 Å². The number of carbonyl (C=O) groups is 1. The Kier molecular flexibility index (Phi) is 7.41. The van der Waals surface area contributed by atoms with Gasteiger partial charge in [-0.1, -0.05) is 29.0 Å². The third-order valence-electron chi connectivity index (χ3n) is 5.12. The first-order valence-corrected chi connectivity index (χ1v) is 11.0. The lowest BCUT2D eigenvalue weighted by molar-refractivity contribution is 0.0985. The van der Waals surface area contributed by atoms with E-state index in [9.17, 15) is 4.79 Å². The number of nitrogens with zero attached hydrogens (tertiary/aromatic N) is 3. The zero-order valence-corrected chi connectivity index (χ0v) is 19.9. The van der Waals surface area contributed by atoms with E-state index in [0.717, 1.165) is 45.6 Å². The third-order valence-corrected chi connectivity index (χ3v) is 6.16. The molecular weight excluding hydrogens is 434 g/mol. The van der Waals surface area contributed by atoms with Crippen LogP contribution in [0.2, 0.25) is 0 Å². The van der Waals surface area contributed by atoms with Crippen molar-refractivity contribution < 1.29 is 14.3 Å². The molecule has 0 radical (unpaired) electrons. The van der Waals surface area contributed by atoms with Crippen LogP contribution in [0.1, 0.15) is 27.9 Å². The number of rotatable bonds is 6. The van der Waals surface area contributed by atoms with Crippen molar-refractivity contribution in [1.82, 2.24) is 9.88 Å². The fraction of sp³-hybridized carbons (Fsp3) is 0.391. The van der Waals surface area contributed by atoms with Crippen molar-refractivity contribution in [2.75, 3.05) is 45.3 Å². The number of aromatic nitrogens is 1. The van der Waals surface area contributed by atoms with Gasteiger partial charge in [-0.25, -0.2) is 4.98 Å². The van der Waals surface area contributed by atoms with Gasteiger partial charge >= 0.3 is 0 Å². The summed E-state index contributed by atoms with van der Waals surface area (Å²) in [5, 5.41) is 0.705. The van der Waals surface area contributed by atoms with Crippen LogP contribution in [0.15, 0.2) is 30.3 Å². The number of fused-ring (bicyclic) bond motifs is 2. The highest BCUT2D eigenvalue weighted by Crippen LogP contribution is 2.39. The molecule has 1 aromatic heterocycles. The van der Waals surface area contributed by atoms with Gasteiger partial charge < -0.3 is 14.4 Å². The van der Waals surface area contributed by atoms with Crippen molar-refractivity contribution in [3.05, 3.63) is 47.0 Å². The maximum Gasteiger partial charge on any atom is 0.260 e. The molecule has 0 spiro atoms. The van der Waals surface area contributed by atoms with E-state index in [4.69, 9.17) is 14.5 Å². The van der Waals surface area contributed by atoms with Crippen molar-refractivity contribution in [3.8, 4) is 11.5 Å². The fourth-order valence-electron chi connectivity index (χ4n) is 3.60. The van der Waals surface area contributed by atoms with Gasteiger partial charge in [0.1, 0.15) is 13.2 Å². The van der Waals surface area contributed by atoms with E-state index < -0.39 is 0 Å². The predicted molar refractivity (Wildman–Crippen MR) is 129 cm³/mol. The minimum Gasteiger partial charge on any atom is -0.486 e. The summed E-state index contributed by atoms with van der Waals surface area (Å²) in [5.74, 6) is 1.44. The van der Waals surface area contributed by atoms with E-state index in [0.29, 0.717) is 30.6 Å². The third kappa shape index (κ3) is 5.11. The van der Waals surface area contributed by atoms with Crippen LogP contribution in [0.25, 0.3) is 10.2 Å². The van der Waals surface area contributed by atoms with E-state index in [1.807, 2.05) is 63.2 Å². The minimum absolute atomic E-state index is 0. The molecule has 0 N–H and O–H groups in total. The van der Waals surface area contributed by atoms with Gasteiger partial charge in [-0.15, -0.1) is 12.4 Å². The molecule has 0 saturated carbocycles. The van der Waals surface area contributed by atoms with Crippen LogP contribution in [0.4, 0.5) is 5.13 Å². The molecule has 8 heteroatoms. The van der Waals surface area contributed by atoms with Crippen molar-refractivity contribution in [1.29, 1.82) is 0 Å². The Morgan fingerprint density at radius 2 is 1.77 bits per heavy atom. The molecular formula is C23H28ClN3O3S. The van der Waals surface area contributed by atoms with Gasteiger partial charge in [0.15, 0.2) is 16.6 Å². The summed E-state index contributed by atoms with van der Waals surface area (Å²) < 4.78 is 12.4. The molecule has 1 aliphatic heterocycles. The second kappa shape index (κ2) is 9.85. The number of ether oxygens (including phenoxy) is 2. The molecule has 2 heterocycles. The molecule has 0 bridgehead atoms. The summed E-state index contributed by atoms with van der Waals surface area (Å²) in [6.45, 7) is 6.62. The number of carbonyl (C=O) groups excluding carboxylic acids is 1. The number of amides is 1. The number of halogens is 1. The summed E-state index contributed by atoms with van der Waals surface area (Å²) in [6.07, 6.45) is 0.863. The van der Waals surface area contributed by atoms with Crippen LogP contribution in [-0.2, 0) is 0 Å². The maximum absolute atomic E-state index is 13.5. The molecule has 1 amide bonds. The summed E-state index contributed by atoms with van der Waals surface area (Å²) in [6, 6.07) is 9.82. The summed E-state index contributed by atoms with van der Waals surface area (Å²) in [5.41, 5.74) is 3.67. The van der Waals surface area contributed by atoms with Gasteiger partial charge in [0.05, 0.1) is 10.2 Å². The SMILES string of the molecule is Cc1ccc(C(=O)N(CCCN(C)C)c2nc3cc4c(cc3s2)OCCO4)c(C)c1.Cl. The molecule has 0 aliphatic carbocycles. The lowest BCUT2D eigenvalue weighted by Gasteiger charge is -2.22. The van der Waals surface area contributed by atoms with Crippen LogP contribution in [0.3, 0.4) is 0 Å². The highest BCUT2D eigenvalue weighted by Gasteiger charge is 2.24. The van der Waals surface area contributed by atoms with Gasteiger partial charge in [0.2, 0.25) is 0 Å². The highest BCUT2D eigenvalue weighted by molar-refractivity contribution is 7.22. The van der Waals surface area contributed by atoms with Crippen molar-refractivity contribution in [3.63, 3.8) is 0 Å². The Balaban J connectivity index is 0.00000272. The van der Waals surface area contributed by atoms with Gasteiger partial charge in [-0.05, 0) is 52.5 Å². The Hall–Kier alpha value is -2.35. The Morgan fingerprint density at radius 1 is 1.06 bits per heavy atom. The smallest absolute Gasteiger partial charge is 0.260 e. The Labute approximate surface area is 193 Å². The molecule has 3 aromatic rings. The number of hydrogen-bond acceptors (Lipinski definition) is 6. The first kappa shape index (κ1) is 23.3. The second-order valence-electron chi connectivity index (χ2n) is 7.89. The van der Waals surface area contributed by atoms with Crippen LogP contribution >= 0.6 is 23.7 Å². The lowest BCUT2D eigenvalue weighted by Crippen LogP contribution is -2.33. The molecule has 0 atom stereocenters. The lowest BCUT2D eigenvalue weighted by atomic mass is 10.0. The summed E-state index contributed by atoms with van der Waals surface area (Å²) in [7, 11) is 4.08. The monoisotopic (exact) mass is 461 g/mol. The number of aryl methyl sites for hydroxylation is 2. The van der Waals surface area contributed by atoms with E-state index in [1.165, 1.54) is 11.3 Å². The standard InChI is InChI=1S/C23H27N3O3S.ClH/c1-15-6-7-17(16(2)12-15)22(27)26(9-5-8-25(3)4)23-24-18-13-19-20(14-21(18)30-23)29-11-10-28-19;/h6-7,12-14H,5,8-11H2,1-4H3;1H. The molecule has 0 fully saturated rings. The van der Waals surface area contributed by atoms with Crippen LogP contribution in [0.5, 0.6) is 11.5 Å². The van der Waals surface area contributed by atoms with Crippen LogP contribution < -0.4 is 14.4 Å². The van der Waals surface area contributed by atoms with Gasteiger partial charge in [-0.2, -0.15) is 0 Å². The molecule has 0 unspecified atom stereocenters. The fourth-order valence-corrected chi connectivity index (χ4v) is 4.60. The molecule has 0 saturated heterocycles. The van der Waals surface area contributed by atoms with Gasteiger partial charge in [0.25, 0.3) is 5.91 Å². The largest absolute Gasteiger partial charge is 0.486 e. The van der Waals surface area contributed by atoms with Gasteiger partial charge in [-0.3, -0.25) is 9.69 Å². The van der Waals surface area contributed by atoms with E-state index in [-0.39, 0.29) is 18.3 Å². The zero-order chi connectivity index (χ0) is 21.3. The first-order chi connectivity index (χ1) is 14.4. The molecule has 6 nitrogen and oxygen atoms in total. The van der Waals surface area contributed by atoms with Crippen molar-refractivity contribution in [2.45, 2.75) is 20.3 Å². The Morgan fingerprint density at radius 3 is 2.45 bits per heavy atom. The average Bonchev–Trinajstić information content (AvgIpc) is 3.11. The molecule has 2 aromatic carbocycles. The minimum atomic E-state index is -0.0115. The first-order valence-electron chi connectivity index (χ1n) is 10.2. The molecule has 31 heavy (non-hydrogen) atoms. The number of anilines is 1. The molecule has 166 valence electrons. The molecule has 1 aliphatic rings. The quantitative estimate of drug-likeness (QED) is 0.532. The van der Waals surface area contributed by atoms with Crippen molar-refractivity contribution >= 4 is 45.0 Å². The predicted octanol–water partition coefficient (Wildman–Crippen LogP) is 4.70. The average molecular weight is 462 g/mol. The number of hydrogen-bond donors (Lipinski definition) is 0. The second-order valence-corrected chi connectivity index (χ2v) is 8.90. The van der Waals surface area contributed by atoms with E-state index >= 15 is 0 Å². The number of thiazole rings is 1. The Bertz CT molecular complexity index is 1040. The maximum atomic E-state index is 13.5. The normalized spacial score (nSPS) is 12.7. The highest BCUT2D eigenvalue weighted by atomic mass is 35.5. The zero-order valence-electron chi connectivity index (χ0n) is 18.3. The van der Waals surface area contributed by atoms with E-state index in [1.54, 1.807) is 0 Å². The van der Waals surface area contributed by atoms with Crippen LogP contribution in [0, 0.1) is 13.8 Å². The summed E-state index contributed by atoms with van der Waals surface area (Å²) in [4.78, 5) is 22.2. The number of benzene rings is 2. The topological polar surface area (TPSA) is 54.9 Å². The van der Waals surface area contributed by atoms with Crippen LogP contribution in [-0.4, -0.2) is 56.2 Å². The summed E-state index contributed by atoms with van der Waals surface area (Å²) >= 11 is 1.51. The molecule has 4 rings (SSSR count).